The van der Waals surface area contributed by atoms with Gasteiger partial charge in [0.1, 0.15) is 17.1 Å². The van der Waals surface area contributed by atoms with Crippen molar-refractivity contribution in [3.8, 4) is 5.75 Å². The number of hydrogen-bond donors (Lipinski definition) is 1. The Morgan fingerprint density at radius 3 is 2.45 bits per heavy atom. The van der Waals surface area contributed by atoms with Crippen LogP contribution in [0.2, 0.25) is 0 Å². The molecule has 7 nitrogen and oxygen atoms in total. The highest BCUT2D eigenvalue weighted by atomic mass is 32.1. The lowest BCUT2D eigenvalue weighted by atomic mass is 10.1. The zero-order valence-electron chi connectivity index (χ0n) is 16.8. The smallest absolute Gasteiger partial charge is 0.270 e. The minimum absolute atomic E-state index is 0.0617. The van der Waals surface area contributed by atoms with Gasteiger partial charge in [0.15, 0.2) is 5.11 Å². The Labute approximate surface area is 184 Å². The van der Waals surface area contributed by atoms with Gasteiger partial charge in [-0.05, 0) is 54.7 Å². The molecule has 0 aliphatic carbocycles. The number of methoxy groups -OCH3 is 1. The highest BCUT2D eigenvalue weighted by Gasteiger charge is 2.34. The number of hydrogen-bond acceptors (Lipinski definition) is 6. The molecule has 9 heteroatoms. The molecule has 0 aromatic heterocycles. The number of benzene rings is 2. The van der Waals surface area contributed by atoms with Crippen LogP contribution in [0.5, 0.6) is 5.75 Å². The van der Waals surface area contributed by atoms with Crippen LogP contribution in [-0.4, -0.2) is 50.3 Å². The molecule has 2 aromatic carbocycles. The van der Waals surface area contributed by atoms with Crippen LogP contribution in [-0.2, 0) is 14.3 Å². The minimum atomic E-state index is -0.604. The summed E-state index contributed by atoms with van der Waals surface area (Å²) in [5.74, 6) is -1.12. The fourth-order valence-electron chi connectivity index (χ4n) is 3.47. The first-order valence-electron chi connectivity index (χ1n) is 9.65. The predicted molar refractivity (Wildman–Crippen MR) is 119 cm³/mol. The Morgan fingerprint density at radius 1 is 1.10 bits per heavy atom. The molecule has 2 aromatic rings. The maximum atomic E-state index is 13.3. The monoisotopic (exact) mass is 441 g/mol. The van der Waals surface area contributed by atoms with E-state index in [0.29, 0.717) is 30.2 Å². The number of anilines is 2. The average molecular weight is 441 g/mol. The third-order valence-corrected chi connectivity index (χ3v) is 5.36. The standard InChI is InChI=1S/C22H20FN3O4S/c1-29-19-13-17(25-8-10-30-11-9-25)5-2-14(19)12-18-20(27)24-22(31)26(21(18)28)16-6-3-15(23)4-7-16/h2-7,12-13H,8-11H2,1H3,(H,24,27,31)/b18-12+. The molecule has 2 aliphatic heterocycles. The van der Waals surface area contributed by atoms with Crippen molar-refractivity contribution < 1.29 is 23.5 Å². The van der Waals surface area contributed by atoms with Crippen molar-refractivity contribution in [2.24, 2.45) is 0 Å². The predicted octanol–water partition coefficient (Wildman–Crippen LogP) is 2.50. The van der Waals surface area contributed by atoms with Crippen molar-refractivity contribution in [3.63, 3.8) is 0 Å². The average Bonchev–Trinajstić information content (AvgIpc) is 2.78. The number of carbonyl (C=O) groups excluding carboxylic acids is 2. The normalized spacial score (nSPS) is 18.4. The summed E-state index contributed by atoms with van der Waals surface area (Å²) < 4.78 is 24.2. The topological polar surface area (TPSA) is 71.1 Å². The molecule has 4 rings (SSSR count). The van der Waals surface area contributed by atoms with Crippen molar-refractivity contribution >= 4 is 46.6 Å². The fourth-order valence-corrected chi connectivity index (χ4v) is 3.76. The lowest BCUT2D eigenvalue weighted by Crippen LogP contribution is -2.54. The summed E-state index contributed by atoms with van der Waals surface area (Å²) in [6, 6.07) is 10.9. The van der Waals surface area contributed by atoms with Gasteiger partial charge in [-0.1, -0.05) is 0 Å². The second-order valence-corrected chi connectivity index (χ2v) is 7.35. The Bertz CT molecular complexity index is 1060. The molecule has 0 bridgehead atoms. The van der Waals surface area contributed by atoms with E-state index in [1.165, 1.54) is 37.5 Å². The number of ether oxygens (including phenoxy) is 2. The molecule has 2 fully saturated rings. The number of nitrogens with one attached hydrogen (secondary N) is 1. The van der Waals surface area contributed by atoms with Crippen LogP contribution in [0, 0.1) is 5.82 Å². The van der Waals surface area contributed by atoms with Gasteiger partial charge < -0.3 is 14.4 Å². The first-order chi connectivity index (χ1) is 15.0. The SMILES string of the molecule is COc1cc(N2CCOCC2)ccc1/C=C1\C(=O)NC(=S)N(c2ccc(F)cc2)C1=O. The van der Waals surface area contributed by atoms with Gasteiger partial charge >= 0.3 is 0 Å². The Balaban J connectivity index is 1.67. The molecule has 2 amide bonds. The zero-order valence-corrected chi connectivity index (χ0v) is 17.6. The van der Waals surface area contributed by atoms with Crippen molar-refractivity contribution in [2.45, 2.75) is 0 Å². The number of carbonyl (C=O) groups is 2. The molecule has 2 heterocycles. The quantitative estimate of drug-likeness (QED) is 0.447. The van der Waals surface area contributed by atoms with Crippen LogP contribution in [0.3, 0.4) is 0 Å². The van der Waals surface area contributed by atoms with Gasteiger partial charge in [-0.15, -0.1) is 0 Å². The van der Waals surface area contributed by atoms with E-state index in [1.54, 1.807) is 6.07 Å². The van der Waals surface area contributed by atoms with Crippen molar-refractivity contribution in [1.29, 1.82) is 0 Å². The fraction of sp³-hybridized carbons (Fsp3) is 0.227. The van der Waals surface area contributed by atoms with Gasteiger partial charge in [0.25, 0.3) is 11.8 Å². The van der Waals surface area contributed by atoms with Gasteiger partial charge in [0.2, 0.25) is 0 Å². The van der Waals surface area contributed by atoms with Crippen molar-refractivity contribution in [2.75, 3.05) is 43.2 Å². The van der Waals surface area contributed by atoms with E-state index in [9.17, 15) is 14.0 Å². The van der Waals surface area contributed by atoms with Crippen LogP contribution in [0.25, 0.3) is 6.08 Å². The second-order valence-electron chi connectivity index (χ2n) is 6.96. The van der Waals surface area contributed by atoms with Gasteiger partial charge in [-0.2, -0.15) is 0 Å². The summed E-state index contributed by atoms with van der Waals surface area (Å²) in [7, 11) is 1.53. The van der Waals surface area contributed by atoms with Crippen LogP contribution in [0.1, 0.15) is 5.56 Å². The van der Waals surface area contributed by atoms with E-state index in [0.717, 1.165) is 23.7 Å². The number of rotatable bonds is 4. The number of thiocarbonyl (C=S) groups is 1. The first kappa shape index (κ1) is 21.0. The number of nitrogens with zero attached hydrogens (tertiary/aromatic N) is 2. The van der Waals surface area contributed by atoms with Crippen molar-refractivity contribution in [3.05, 3.63) is 59.4 Å². The lowest BCUT2D eigenvalue weighted by molar-refractivity contribution is -0.122. The summed E-state index contributed by atoms with van der Waals surface area (Å²) in [4.78, 5) is 29.0. The van der Waals surface area contributed by atoms with E-state index in [-0.39, 0.29) is 10.7 Å². The highest BCUT2D eigenvalue weighted by molar-refractivity contribution is 7.80. The molecule has 2 saturated heterocycles. The summed E-state index contributed by atoms with van der Waals surface area (Å²) in [5, 5.41) is 2.45. The molecular formula is C22H20FN3O4S. The molecule has 0 unspecified atom stereocenters. The van der Waals surface area contributed by atoms with Crippen LogP contribution in [0.4, 0.5) is 15.8 Å². The lowest BCUT2D eigenvalue weighted by Gasteiger charge is -2.30. The molecule has 31 heavy (non-hydrogen) atoms. The number of amides is 2. The van der Waals surface area contributed by atoms with Crippen LogP contribution in [0.15, 0.2) is 48.0 Å². The molecule has 0 atom stereocenters. The Kier molecular flexibility index (Phi) is 5.97. The molecule has 160 valence electrons. The third-order valence-electron chi connectivity index (χ3n) is 5.08. The van der Waals surface area contributed by atoms with Crippen molar-refractivity contribution in [1.82, 2.24) is 5.32 Å². The zero-order chi connectivity index (χ0) is 22.0. The van der Waals surface area contributed by atoms with E-state index in [4.69, 9.17) is 21.7 Å². The maximum absolute atomic E-state index is 13.3. The van der Waals surface area contributed by atoms with Crippen LogP contribution >= 0.6 is 12.2 Å². The summed E-state index contributed by atoms with van der Waals surface area (Å²) in [6.45, 7) is 2.85. The Hall–Kier alpha value is -3.30. The van der Waals surface area contributed by atoms with Crippen LogP contribution < -0.4 is 19.9 Å². The molecule has 0 spiro atoms. The largest absolute Gasteiger partial charge is 0.496 e. The van der Waals surface area contributed by atoms with E-state index >= 15 is 0 Å². The third kappa shape index (κ3) is 4.28. The maximum Gasteiger partial charge on any atom is 0.270 e. The summed E-state index contributed by atoms with van der Waals surface area (Å²) >= 11 is 5.16. The Morgan fingerprint density at radius 2 is 1.77 bits per heavy atom. The second kappa shape index (κ2) is 8.83. The highest BCUT2D eigenvalue weighted by Crippen LogP contribution is 2.29. The van der Waals surface area contributed by atoms with E-state index < -0.39 is 17.6 Å². The summed E-state index contributed by atoms with van der Waals surface area (Å²) in [5.41, 5.74) is 1.80. The van der Waals surface area contributed by atoms with E-state index in [1.807, 2.05) is 12.1 Å². The van der Waals surface area contributed by atoms with E-state index in [2.05, 4.69) is 10.2 Å². The molecule has 1 N–H and O–H groups in total. The first-order valence-corrected chi connectivity index (χ1v) is 10.1. The molecule has 0 saturated carbocycles. The number of morpholine rings is 1. The summed E-state index contributed by atoms with van der Waals surface area (Å²) in [6.07, 6.45) is 1.47. The van der Waals surface area contributed by atoms with Gasteiger partial charge in [-0.3, -0.25) is 19.8 Å². The minimum Gasteiger partial charge on any atom is -0.496 e. The molecular weight excluding hydrogens is 421 g/mol. The molecule has 0 radical (unpaired) electrons. The molecule has 2 aliphatic rings. The number of halogens is 1. The van der Waals surface area contributed by atoms with Gasteiger partial charge in [0, 0.05) is 30.4 Å². The van der Waals surface area contributed by atoms with Gasteiger partial charge in [0.05, 0.1) is 26.0 Å². The van der Waals surface area contributed by atoms with Gasteiger partial charge in [-0.25, -0.2) is 4.39 Å².